The number of anilines is 1. The number of unbranched alkanes of at least 4 members (excludes halogenated alkanes) is 1. The van der Waals surface area contributed by atoms with Crippen LogP contribution in [0.2, 0.25) is 5.02 Å². The third-order valence-electron chi connectivity index (χ3n) is 4.37. The molecule has 0 aromatic heterocycles. The van der Waals surface area contributed by atoms with Crippen molar-refractivity contribution in [2.75, 3.05) is 18.4 Å². The molecule has 5 amide bonds. The standard InChI is InChI=1S/C21H20ClN3O4S/c1-2-3-12-24-19(27)20(28)25(21(24)29)13-18(26)23-16-6-4-5-7-17(16)30-15-10-8-14(22)9-11-15/h4-11H,2-3,12-13H2,1H3,(H,23,26). The second-order valence-corrected chi connectivity index (χ2v) is 8.14. The van der Waals surface area contributed by atoms with Gasteiger partial charge in [-0.1, -0.05) is 48.8 Å². The quantitative estimate of drug-likeness (QED) is 0.489. The molecule has 0 spiro atoms. The molecule has 1 saturated heterocycles. The second-order valence-electron chi connectivity index (χ2n) is 6.58. The van der Waals surface area contributed by atoms with Crippen molar-refractivity contribution in [3.63, 3.8) is 0 Å². The predicted octanol–water partition coefficient (Wildman–Crippen LogP) is 4.02. The van der Waals surface area contributed by atoms with E-state index in [1.807, 2.05) is 31.2 Å². The number of para-hydroxylation sites is 1. The van der Waals surface area contributed by atoms with Crippen LogP contribution in [-0.2, 0) is 14.4 Å². The van der Waals surface area contributed by atoms with Crippen LogP contribution in [0.5, 0.6) is 0 Å². The minimum Gasteiger partial charge on any atom is -0.323 e. The van der Waals surface area contributed by atoms with Crippen LogP contribution in [0.1, 0.15) is 19.8 Å². The first-order valence-corrected chi connectivity index (χ1v) is 10.6. The van der Waals surface area contributed by atoms with Gasteiger partial charge < -0.3 is 5.32 Å². The molecule has 1 aliphatic rings. The van der Waals surface area contributed by atoms with E-state index in [9.17, 15) is 19.2 Å². The Morgan fingerprint density at radius 1 is 1.00 bits per heavy atom. The number of amides is 5. The number of hydrogen-bond acceptors (Lipinski definition) is 5. The maximum absolute atomic E-state index is 12.5. The number of rotatable bonds is 8. The molecule has 2 aromatic rings. The molecular formula is C21H20ClN3O4S. The van der Waals surface area contributed by atoms with Gasteiger partial charge >= 0.3 is 17.8 Å². The number of imide groups is 2. The van der Waals surface area contributed by atoms with Crippen LogP contribution < -0.4 is 5.32 Å². The molecule has 156 valence electrons. The van der Waals surface area contributed by atoms with Crippen LogP contribution in [0.3, 0.4) is 0 Å². The fourth-order valence-electron chi connectivity index (χ4n) is 2.83. The van der Waals surface area contributed by atoms with E-state index in [1.165, 1.54) is 11.8 Å². The lowest BCUT2D eigenvalue weighted by Crippen LogP contribution is -2.39. The molecular weight excluding hydrogens is 426 g/mol. The van der Waals surface area contributed by atoms with Crippen LogP contribution in [-0.4, -0.2) is 46.6 Å². The zero-order chi connectivity index (χ0) is 21.7. The summed E-state index contributed by atoms with van der Waals surface area (Å²) < 4.78 is 0. The number of nitrogens with zero attached hydrogens (tertiary/aromatic N) is 2. The highest BCUT2D eigenvalue weighted by Crippen LogP contribution is 2.33. The van der Waals surface area contributed by atoms with Crippen LogP contribution in [0, 0.1) is 0 Å². The number of halogens is 1. The van der Waals surface area contributed by atoms with Crippen LogP contribution in [0.25, 0.3) is 0 Å². The van der Waals surface area contributed by atoms with Gasteiger partial charge in [0.15, 0.2) is 0 Å². The van der Waals surface area contributed by atoms with Crippen molar-refractivity contribution in [3.05, 3.63) is 53.6 Å². The lowest BCUT2D eigenvalue weighted by molar-refractivity contribution is -0.143. The maximum Gasteiger partial charge on any atom is 0.334 e. The summed E-state index contributed by atoms with van der Waals surface area (Å²) in [5.41, 5.74) is 0.538. The minimum absolute atomic E-state index is 0.165. The molecule has 9 heteroatoms. The van der Waals surface area contributed by atoms with Crippen molar-refractivity contribution < 1.29 is 19.2 Å². The zero-order valence-electron chi connectivity index (χ0n) is 16.3. The fourth-order valence-corrected chi connectivity index (χ4v) is 3.85. The van der Waals surface area contributed by atoms with Gasteiger partial charge in [-0.15, -0.1) is 0 Å². The van der Waals surface area contributed by atoms with Gasteiger partial charge in [0.1, 0.15) is 6.54 Å². The van der Waals surface area contributed by atoms with Gasteiger partial charge in [0, 0.05) is 21.4 Å². The van der Waals surface area contributed by atoms with Crippen LogP contribution in [0.4, 0.5) is 10.5 Å². The van der Waals surface area contributed by atoms with E-state index >= 15 is 0 Å². The second kappa shape index (κ2) is 9.77. The summed E-state index contributed by atoms with van der Waals surface area (Å²) in [6, 6.07) is 13.7. The molecule has 2 aromatic carbocycles. The fraction of sp³-hybridized carbons (Fsp3) is 0.238. The predicted molar refractivity (Wildman–Crippen MR) is 114 cm³/mol. The summed E-state index contributed by atoms with van der Waals surface area (Å²) in [6.07, 6.45) is 1.37. The largest absolute Gasteiger partial charge is 0.334 e. The number of nitrogens with one attached hydrogen (secondary N) is 1. The molecule has 1 fully saturated rings. The van der Waals surface area contributed by atoms with Crippen molar-refractivity contribution in [1.82, 2.24) is 9.80 Å². The number of hydrogen-bond donors (Lipinski definition) is 1. The number of carbonyl (C=O) groups excluding carboxylic acids is 4. The third-order valence-corrected chi connectivity index (χ3v) is 5.71. The number of benzene rings is 2. The van der Waals surface area contributed by atoms with E-state index in [0.29, 0.717) is 22.0 Å². The molecule has 1 N–H and O–H groups in total. The first-order chi connectivity index (χ1) is 14.4. The lowest BCUT2D eigenvalue weighted by atomic mass is 10.3. The Labute approximate surface area is 183 Å². The van der Waals surface area contributed by atoms with Crippen molar-refractivity contribution in [1.29, 1.82) is 0 Å². The van der Waals surface area contributed by atoms with Gasteiger partial charge in [-0.2, -0.15) is 0 Å². The maximum atomic E-state index is 12.5. The monoisotopic (exact) mass is 445 g/mol. The Balaban J connectivity index is 1.68. The molecule has 0 unspecified atom stereocenters. The Bertz CT molecular complexity index is 980. The summed E-state index contributed by atoms with van der Waals surface area (Å²) in [4.78, 5) is 52.3. The lowest BCUT2D eigenvalue weighted by Gasteiger charge is -2.16. The first kappa shape index (κ1) is 21.9. The zero-order valence-corrected chi connectivity index (χ0v) is 17.8. The summed E-state index contributed by atoms with van der Waals surface area (Å²) in [7, 11) is 0. The minimum atomic E-state index is -0.977. The molecule has 1 heterocycles. The molecule has 30 heavy (non-hydrogen) atoms. The summed E-state index contributed by atoms with van der Waals surface area (Å²) >= 11 is 7.35. The highest BCUT2D eigenvalue weighted by atomic mass is 35.5. The van der Waals surface area contributed by atoms with Crippen molar-refractivity contribution >= 4 is 52.8 Å². The van der Waals surface area contributed by atoms with Gasteiger partial charge in [0.2, 0.25) is 5.91 Å². The van der Waals surface area contributed by atoms with Crippen molar-refractivity contribution in [3.8, 4) is 0 Å². The Morgan fingerprint density at radius 2 is 1.67 bits per heavy atom. The number of carbonyl (C=O) groups is 4. The Morgan fingerprint density at radius 3 is 2.37 bits per heavy atom. The highest BCUT2D eigenvalue weighted by molar-refractivity contribution is 7.99. The highest BCUT2D eigenvalue weighted by Gasteiger charge is 2.44. The summed E-state index contributed by atoms with van der Waals surface area (Å²) in [6.45, 7) is 1.56. The summed E-state index contributed by atoms with van der Waals surface area (Å²) in [5, 5.41) is 3.35. The van der Waals surface area contributed by atoms with Crippen LogP contribution >= 0.6 is 23.4 Å². The third kappa shape index (κ3) is 5.01. The number of urea groups is 1. The molecule has 1 aliphatic heterocycles. The van der Waals surface area contributed by atoms with Gasteiger partial charge in [-0.25, -0.2) is 9.69 Å². The van der Waals surface area contributed by atoms with Gasteiger partial charge in [0.25, 0.3) is 0 Å². The molecule has 0 saturated carbocycles. The van der Waals surface area contributed by atoms with Crippen LogP contribution in [0.15, 0.2) is 58.3 Å². The summed E-state index contributed by atoms with van der Waals surface area (Å²) in [5.74, 6) is -2.43. The molecule has 0 bridgehead atoms. The average molecular weight is 446 g/mol. The Hall–Kier alpha value is -2.84. The van der Waals surface area contributed by atoms with E-state index in [1.54, 1.807) is 24.3 Å². The normalized spacial score (nSPS) is 13.9. The smallest absolute Gasteiger partial charge is 0.323 e. The van der Waals surface area contributed by atoms with Crippen molar-refractivity contribution in [2.45, 2.75) is 29.6 Å². The van der Waals surface area contributed by atoms with E-state index in [4.69, 9.17) is 11.6 Å². The molecule has 0 radical (unpaired) electrons. The first-order valence-electron chi connectivity index (χ1n) is 9.40. The topological polar surface area (TPSA) is 86.8 Å². The van der Waals surface area contributed by atoms with Gasteiger partial charge in [0.05, 0.1) is 5.69 Å². The van der Waals surface area contributed by atoms with Gasteiger partial charge in [-0.3, -0.25) is 19.3 Å². The average Bonchev–Trinajstić information content (AvgIpc) is 2.93. The molecule has 3 rings (SSSR count). The molecule has 0 atom stereocenters. The van der Waals surface area contributed by atoms with Crippen molar-refractivity contribution in [2.24, 2.45) is 0 Å². The Kier molecular flexibility index (Phi) is 7.12. The SMILES string of the molecule is CCCCN1C(=O)C(=O)N(CC(=O)Nc2ccccc2Sc2ccc(Cl)cc2)C1=O. The molecule has 7 nitrogen and oxygen atoms in total. The van der Waals surface area contributed by atoms with Gasteiger partial charge in [-0.05, 0) is 42.8 Å². The van der Waals surface area contributed by atoms with E-state index in [0.717, 1.165) is 21.1 Å². The van der Waals surface area contributed by atoms with E-state index in [-0.39, 0.29) is 6.54 Å². The van der Waals surface area contributed by atoms with E-state index in [2.05, 4.69) is 5.32 Å². The van der Waals surface area contributed by atoms with E-state index < -0.39 is 30.3 Å². The molecule has 0 aliphatic carbocycles.